The monoisotopic (exact) mass is 896 g/mol. The summed E-state index contributed by atoms with van der Waals surface area (Å²) in [5.74, 6) is 1.77. The van der Waals surface area contributed by atoms with Gasteiger partial charge in [0.05, 0.1) is 39.1 Å². The van der Waals surface area contributed by atoms with Crippen molar-refractivity contribution < 1.29 is 8.83 Å². The second kappa shape index (κ2) is 14.9. The second-order valence-electron chi connectivity index (χ2n) is 17.8. The molecule has 0 bridgehead atoms. The molecule has 0 spiro atoms. The highest BCUT2D eigenvalue weighted by Crippen LogP contribution is 2.44. The number of fused-ring (bicyclic) bond motifs is 13. The van der Waals surface area contributed by atoms with E-state index in [1.54, 1.807) is 0 Å². The predicted molar refractivity (Wildman–Crippen MR) is 283 cm³/mol. The first-order valence-electron chi connectivity index (χ1n) is 23.4. The third kappa shape index (κ3) is 5.83. The molecule has 15 aromatic rings. The van der Waals surface area contributed by atoms with Gasteiger partial charge in [-0.05, 0) is 84.9 Å². The molecule has 0 saturated carbocycles. The quantitative estimate of drug-likeness (QED) is 0.165. The molecule has 0 radical (unpaired) electrons. The van der Waals surface area contributed by atoms with Crippen molar-refractivity contribution in [1.29, 1.82) is 0 Å². The fourth-order valence-electron chi connectivity index (χ4n) is 10.6. The lowest BCUT2D eigenvalue weighted by molar-refractivity contribution is 0.668. The van der Waals surface area contributed by atoms with Crippen molar-refractivity contribution in [3.63, 3.8) is 0 Å². The lowest BCUT2D eigenvalue weighted by Gasteiger charge is -2.14. The maximum absolute atomic E-state index is 6.29. The zero-order valence-corrected chi connectivity index (χ0v) is 37.3. The number of hydrogen-bond acceptors (Lipinski definition) is 6. The van der Waals surface area contributed by atoms with Crippen LogP contribution < -0.4 is 0 Å². The average Bonchev–Trinajstić information content (AvgIpc) is 4.18. The van der Waals surface area contributed by atoms with Crippen LogP contribution in [0.3, 0.4) is 0 Å². The van der Waals surface area contributed by atoms with Crippen LogP contribution in [0.15, 0.2) is 227 Å². The summed E-state index contributed by atoms with van der Waals surface area (Å²) in [6.07, 6.45) is 0. The molecule has 0 aliphatic heterocycles. The van der Waals surface area contributed by atoms with Gasteiger partial charge in [-0.15, -0.1) is 0 Å². The minimum absolute atomic E-state index is 0.551. The summed E-state index contributed by atoms with van der Waals surface area (Å²) in [6, 6.07) is 75.7. The standard InChI is InChI=1S/C62H36N6O2/c1-3-15-37(16-4-1)60-64-61(38-17-5-2-6-18-38)66-62(65-60)68-51-24-12-8-22-45(51)59-53(68)30-29-52-58(59)44-21-7-11-23-50(44)67(52)41-35-48(39-27-31-56-46(33-39)42-19-9-13-25-54(42)69-56)63-49(36-41)40-28-32-57-47(34-40)43-20-10-14-26-55(43)70-57/h1-36H. The van der Waals surface area contributed by atoms with Gasteiger partial charge in [-0.25, -0.2) is 9.97 Å². The molecular weight excluding hydrogens is 861 g/mol. The molecular formula is C62H36N6O2. The first kappa shape index (κ1) is 38.4. The highest BCUT2D eigenvalue weighted by molar-refractivity contribution is 6.29. The van der Waals surface area contributed by atoms with Crippen LogP contribution in [0, 0.1) is 0 Å². The van der Waals surface area contributed by atoms with Gasteiger partial charge in [-0.2, -0.15) is 9.97 Å². The van der Waals surface area contributed by atoms with E-state index in [4.69, 9.17) is 28.8 Å². The lowest BCUT2D eigenvalue weighted by atomic mass is 10.0. The topological polar surface area (TPSA) is 87.7 Å². The van der Waals surface area contributed by atoms with Gasteiger partial charge >= 0.3 is 0 Å². The van der Waals surface area contributed by atoms with Gasteiger partial charge in [-0.3, -0.25) is 4.57 Å². The Labute approximate surface area is 399 Å². The number of rotatable bonds is 6. The molecule has 0 atom stereocenters. The van der Waals surface area contributed by atoms with E-state index >= 15 is 0 Å². The zero-order chi connectivity index (χ0) is 45.9. The first-order chi connectivity index (χ1) is 34.7. The van der Waals surface area contributed by atoms with Crippen molar-refractivity contribution in [3.8, 4) is 56.9 Å². The molecule has 326 valence electrons. The molecule has 0 unspecified atom stereocenters. The van der Waals surface area contributed by atoms with E-state index in [1.165, 1.54) is 0 Å². The maximum atomic E-state index is 6.29. The van der Waals surface area contributed by atoms with Crippen LogP contribution in [0.1, 0.15) is 0 Å². The van der Waals surface area contributed by atoms with Crippen LogP contribution in [0.25, 0.3) is 144 Å². The summed E-state index contributed by atoms with van der Waals surface area (Å²) in [7, 11) is 0. The smallest absolute Gasteiger partial charge is 0.238 e. The first-order valence-corrected chi connectivity index (χ1v) is 23.4. The molecule has 0 saturated heterocycles. The van der Waals surface area contributed by atoms with Crippen LogP contribution in [0.2, 0.25) is 0 Å². The maximum Gasteiger partial charge on any atom is 0.238 e. The Bertz CT molecular complexity index is 4410. The Kier molecular flexibility index (Phi) is 8.20. The summed E-state index contributed by atoms with van der Waals surface area (Å²) in [6.45, 7) is 0. The molecule has 70 heavy (non-hydrogen) atoms. The van der Waals surface area contributed by atoms with Gasteiger partial charge < -0.3 is 13.4 Å². The van der Waals surface area contributed by atoms with Crippen molar-refractivity contribution in [1.82, 2.24) is 29.1 Å². The van der Waals surface area contributed by atoms with E-state index in [-0.39, 0.29) is 0 Å². The van der Waals surface area contributed by atoms with E-state index < -0.39 is 0 Å². The number of furan rings is 2. The number of pyridine rings is 1. The second-order valence-corrected chi connectivity index (χ2v) is 17.8. The molecule has 0 fully saturated rings. The third-order valence-electron chi connectivity index (χ3n) is 13.8. The van der Waals surface area contributed by atoms with E-state index in [2.05, 4.69) is 143 Å². The normalized spacial score (nSPS) is 12.0. The summed E-state index contributed by atoms with van der Waals surface area (Å²) in [4.78, 5) is 21.0. The summed E-state index contributed by atoms with van der Waals surface area (Å²) >= 11 is 0. The summed E-state index contributed by atoms with van der Waals surface area (Å²) in [5.41, 5.74) is 14.1. The van der Waals surface area contributed by atoms with E-state index in [9.17, 15) is 0 Å². The van der Waals surface area contributed by atoms with Crippen molar-refractivity contribution in [3.05, 3.63) is 218 Å². The molecule has 6 heterocycles. The Balaban J connectivity index is 0.998. The van der Waals surface area contributed by atoms with Crippen molar-refractivity contribution in [2.45, 2.75) is 0 Å². The average molecular weight is 897 g/mol. The van der Waals surface area contributed by atoms with Crippen LogP contribution >= 0.6 is 0 Å². The summed E-state index contributed by atoms with van der Waals surface area (Å²) < 4.78 is 17.2. The van der Waals surface area contributed by atoms with Crippen molar-refractivity contribution >= 4 is 87.5 Å². The molecule has 0 N–H and O–H groups in total. The minimum atomic E-state index is 0.551. The highest BCUT2D eigenvalue weighted by atomic mass is 16.3. The molecule has 15 rings (SSSR count). The summed E-state index contributed by atoms with van der Waals surface area (Å²) in [5, 5.41) is 8.74. The minimum Gasteiger partial charge on any atom is -0.456 e. The van der Waals surface area contributed by atoms with Crippen LogP contribution in [0.5, 0.6) is 0 Å². The Morgan fingerprint density at radius 1 is 0.286 bits per heavy atom. The van der Waals surface area contributed by atoms with Gasteiger partial charge in [0.25, 0.3) is 0 Å². The highest BCUT2D eigenvalue weighted by Gasteiger charge is 2.24. The van der Waals surface area contributed by atoms with Crippen molar-refractivity contribution in [2.75, 3.05) is 0 Å². The van der Waals surface area contributed by atoms with Crippen LogP contribution in [0.4, 0.5) is 0 Å². The van der Waals surface area contributed by atoms with Gasteiger partial charge in [0.1, 0.15) is 22.3 Å². The third-order valence-corrected chi connectivity index (χ3v) is 13.8. The number of nitrogens with zero attached hydrogens (tertiary/aromatic N) is 6. The van der Waals surface area contributed by atoms with Gasteiger partial charge in [0.2, 0.25) is 5.95 Å². The number of para-hydroxylation sites is 4. The SMILES string of the molecule is c1ccc(-c2nc(-c3ccccc3)nc(-n3c4ccccc4c4c5c6ccccc6n(-c6cc(-c7ccc8oc9ccccc9c8c7)nc(-c7ccc8oc9ccccc9c8c7)c6)c5ccc43)n2)cc1. The van der Waals surface area contributed by atoms with E-state index in [1.807, 2.05) is 84.9 Å². The molecule has 9 aromatic carbocycles. The molecule has 8 heteroatoms. The Hall–Kier alpha value is -9.66. The van der Waals surface area contributed by atoms with Crippen molar-refractivity contribution in [2.24, 2.45) is 0 Å². The molecule has 0 amide bonds. The Morgan fingerprint density at radius 3 is 1.24 bits per heavy atom. The lowest BCUT2D eigenvalue weighted by Crippen LogP contribution is -2.06. The molecule has 0 aliphatic rings. The molecule has 0 aliphatic carbocycles. The number of benzene rings is 9. The van der Waals surface area contributed by atoms with Crippen LogP contribution in [-0.4, -0.2) is 29.1 Å². The fraction of sp³-hybridized carbons (Fsp3) is 0. The molecule has 8 nitrogen and oxygen atoms in total. The zero-order valence-electron chi connectivity index (χ0n) is 37.3. The largest absolute Gasteiger partial charge is 0.456 e. The van der Waals surface area contributed by atoms with Gasteiger partial charge in [0, 0.05) is 65.3 Å². The van der Waals surface area contributed by atoms with Gasteiger partial charge in [-0.1, -0.05) is 133 Å². The fourth-order valence-corrected chi connectivity index (χ4v) is 10.6. The predicted octanol–water partition coefficient (Wildman–Crippen LogP) is 15.9. The van der Waals surface area contributed by atoms with E-state index in [0.717, 1.165) is 127 Å². The number of hydrogen-bond donors (Lipinski definition) is 0. The molecule has 6 aromatic heterocycles. The van der Waals surface area contributed by atoms with Crippen LogP contribution in [-0.2, 0) is 0 Å². The van der Waals surface area contributed by atoms with E-state index in [0.29, 0.717) is 17.6 Å². The Morgan fingerprint density at radius 2 is 0.714 bits per heavy atom. The van der Waals surface area contributed by atoms with Gasteiger partial charge in [0.15, 0.2) is 11.6 Å². The number of aromatic nitrogens is 6.